The van der Waals surface area contributed by atoms with E-state index in [1.807, 2.05) is 20.8 Å². The number of carbonyl (C=O) groups is 3. The van der Waals surface area contributed by atoms with Crippen molar-refractivity contribution in [2.45, 2.75) is 58.0 Å². The lowest BCUT2D eigenvalue weighted by Gasteiger charge is -2.32. The van der Waals surface area contributed by atoms with Gasteiger partial charge in [0, 0.05) is 41.3 Å². The van der Waals surface area contributed by atoms with Gasteiger partial charge in [-0.1, -0.05) is 44.5 Å². The Morgan fingerprint density at radius 3 is 2.48 bits per heavy atom. The fourth-order valence-electron chi connectivity index (χ4n) is 5.30. The minimum Gasteiger partial charge on any atom is -0.493 e. The Hall–Kier alpha value is -3.34. The standard InChI is InChI=1S/C29H35ClN2O8/c1-29(2,3)15-32-20-10-9-16(30)11-19(20)25(18-7-6-8-22(38-4)26(18)39-5)40-23(27(32)35)13-24(34)31-14-17(33)12-21(31)28(36)37/h6-11,17,21,23,25,33H,12-15H2,1-5H3,(H,36,37)/t17?,21-,23?,25?/m1/s1. The number of ether oxygens (including phenoxy) is 3. The van der Waals surface area contributed by atoms with Crippen LogP contribution in [-0.2, 0) is 19.1 Å². The summed E-state index contributed by atoms with van der Waals surface area (Å²) in [7, 11) is 3.01. The molecule has 0 aromatic heterocycles. The zero-order valence-corrected chi connectivity index (χ0v) is 24.0. The van der Waals surface area contributed by atoms with Gasteiger partial charge in [-0.3, -0.25) is 9.59 Å². The molecule has 2 heterocycles. The molecule has 2 N–H and O–H groups in total. The lowest BCUT2D eigenvalue weighted by Crippen LogP contribution is -2.47. The van der Waals surface area contributed by atoms with Crippen LogP contribution in [0.4, 0.5) is 5.69 Å². The fraction of sp³-hybridized carbons (Fsp3) is 0.483. The second-order valence-electron chi connectivity index (χ2n) is 11.3. The maximum atomic E-state index is 14.1. The van der Waals surface area contributed by atoms with E-state index in [0.29, 0.717) is 39.9 Å². The molecule has 2 aromatic carbocycles. The van der Waals surface area contributed by atoms with Crippen LogP contribution in [-0.4, -0.2) is 78.5 Å². The van der Waals surface area contributed by atoms with Gasteiger partial charge in [0.2, 0.25) is 5.91 Å². The van der Waals surface area contributed by atoms with Crippen LogP contribution >= 0.6 is 11.6 Å². The largest absolute Gasteiger partial charge is 0.493 e. The van der Waals surface area contributed by atoms with Crippen LogP contribution in [0.5, 0.6) is 11.5 Å². The number of aliphatic hydroxyl groups is 1. The number of amides is 2. The van der Waals surface area contributed by atoms with Crippen molar-refractivity contribution in [3.63, 3.8) is 0 Å². The molecule has 0 aliphatic carbocycles. The highest BCUT2D eigenvalue weighted by molar-refractivity contribution is 6.30. The van der Waals surface area contributed by atoms with Gasteiger partial charge < -0.3 is 34.2 Å². The van der Waals surface area contributed by atoms with Crippen LogP contribution < -0.4 is 14.4 Å². The van der Waals surface area contributed by atoms with Gasteiger partial charge in [-0.15, -0.1) is 0 Å². The molecule has 0 bridgehead atoms. The van der Waals surface area contributed by atoms with E-state index in [9.17, 15) is 24.6 Å². The molecule has 1 saturated heterocycles. The van der Waals surface area contributed by atoms with Gasteiger partial charge in [0.05, 0.1) is 26.7 Å². The SMILES string of the molecule is COc1cccc(C2OC(CC(=O)N3CC(O)C[C@@H]3C(=O)O)C(=O)N(CC(C)(C)C)c3ccc(Cl)cc32)c1OC. The van der Waals surface area contributed by atoms with Crippen molar-refractivity contribution < 1.29 is 38.8 Å². The molecular weight excluding hydrogens is 540 g/mol. The van der Waals surface area contributed by atoms with E-state index in [4.69, 9.17) is 25.8 Å². The number of benzene rings is 2. The van der Waals surface area contributed by atoms with E-state index in [-0.39, 0.29) is 18.4 Å². The predicted molar refractivity (Wildman–Crippen MR) is 148 cm³/mol. The van der Waals surface area contributed by atoms with Gasteiger partial charge >= 0.3 is 5.97 Å². The molecule has 4 atom stereocenters. The molecule has 1 fully saturated rings. The highest BCUT2D eigenvalue weighted by Crippen LogP contribution is 2.45. The highest BCUT2D eigenvalue weighted by Gasteiger charge is 2.44. The van der Waals surface area contributed by atoms with Crippen molar-refractivity contribution in [3.05, 3.63) is 52.5 Å². The first kappa shape index (κ1) is 29.6. The van der Waals surface area contributed by atoms with Crippen molar-refractivity contribution in [3.8, 4) is 11.5 Å². The second-order valence-corrected chi connectivity index (χ2v) is 11.7. The van der Waals surface area contributed by atoms with Crippen LogP contribution in [0.15, 0.2) is 36.4 Å². The molecular formula is C29H35ClN2O8. The van der Waals surface area contributed by atoms with E-state index >= 15 is 0 Å². The first-order chi connectivity index (χ1) is 18.8. The molecule has 2 aliphatic heterocycles. The smallest absolute Gasteiger partial charge is 0.326 e. The average Bonchev–Trinajstić information content (AvgIpc) is 3.26. The number of carboxylic acids is 1. The summed E-state index contributed by atoms with van der Waals surface area (Å²) in [5.41, 5.74) is 1.43. The second kappa shape index (κ2) is 11.6. The monoisotopic (exact) mass is 574 g/mol. The van der Waals surface area contributed by atoms with Crippen molar-refractivity contribution in [1.29, 1.82) is 0 Å². The molecule has 10 nitrogen and oxygen atoms in total. The molecule has 216 valence electrons. The number of aliphatic carboxylic acids is 1. The summed E-state index contributed by atoms with van der Waals surface area (Å²) in [5.74, 6) is -1.40. The van der Waals surface area contributed by atoms with Crippen molar-refractivity contribution in [2.75, 3.05) is 32.2 Å². The first-order valence-electron chi connectivity index (χ1n) is 13.0. The molecule has 2 amide bonds. The molecule has 40 heavy (non-hydrogen) atoms. The van der Waals surface area contributed by atoms with Crippen molar-refractivity contribution >= 4 is 35.1 Å². The van der Waals surface area contributed by atoms with Gasteiger partial charge in [0.1, 0.15) is 18.2 Å². The molecule has 4 rings (SSSR count). The lowest BCUT2D eigenvalue weighted by molar-refractivity contribution is -0.151. The highest BCUT2D eigenvalue weighted by atomic mass is 35.5. The van der Waals surface area contributed by atoms with Gasteiger partial charge in [0.15, 0.2) is 11.5 Å². The number of methoxy groups -OCH3 is 2. The van der Waals surface area contributed by atoms with Crippen LogP contribution in [0.1, 0.15) is 50.8 Å². The zero-order valence-electron chi connectivity index (χ0n) is 23.2. The minimum absolute atomic E-state index is 0.0791. The number of rotatable bonds is 7. The normalized spacial score (nSPS) is 23.0. The van der Waals surface area contributed by atoms with Crippen molar-refractivity contribution in [2.24, 2.45) is 5.41 Å². The topological polar surface area (TPSA) is 126 Å². The number of para-hydroxylation sites is 1. The number of hydrogen-bond donors (Lipinski definition) is 2. The van der Waals surface area contributed by atoms with E-state index in [1.165, 1.54) is 14.2 Å². The number of aliphatic hydroxyl groups excluding tert-OH is 1. The van der Waals surface area contributed by atoms with E-state index in [0.717, 1.165) is 4.90 Å². The van der Waals surface area contributed by atoms with Crippen LogP contribution in [0, 0.1) is 5.41 Å². The Balaban J connectivity index is 1.84. The third-order valence-corrected chi connectivity index (χ3v) is 7.23. The number of halogens is 1. The third kappa shape index (κ3) is 6.04. The van der Waals surface area contributed by atoms with E-state index in [2.05, 4.69) is 0 Å². The lowest BCUT2D eigenvalue weighted by atomic mass is 9.94. The Morgan fingerprint density at radius 1 is 1.12 bits per heavy atom. The molecule has 2 aromatic rings. The number of anilines is 1. The van der Waals surface area contributed by atoms with Crippen molar-refractivity contribution in [1.82, 2.24) is 4.90 Å². The molecule has 0 saturated carbocycles. The van der Waals surface area contributed by atoms with Crippen LogP contribution in [0.25, 0.3) is 0 Å². The maximum absolute atomic E-state index is 14.1. The first-order valence-corrected chi connectivity index (χ1v) is 13.4. The summed E-state index contributed by atoms with van der Waals surface area (Å²) in [6.45, 7) is 6.16. The molecule has 3 unspecified atom stereocenters. The Bertz CT molecular complexity index is 1290. The quantitative estimate of drug-likeness (QED) is 0.513. The number of carboxylic acid groups (broad SMARTS) is 1. The van der Waals surface area contributed by atoms with Crippen LogP contribution in [0.2, 0.25) is 5.02 Å². The van der Waals surface area contributed by atoms with Gasteiger partial charge in [0.25, 0.3) is 5.91 Å². The maximum Gasteiger partial charge on any atom is 0.326 e. The molecule has 0 spiro atoms. The number of nitrogens with zero attached hydrogens (tertiary/aromatic N) is 2. The molecule has 2 aliphatic rings. The number of carbonyl (C=O) groups excluding carboxylic acids is 2. The van der Waals surface area contributed by atoms with Gasteiger partial charge in [-0.05, 0) is 29.7 Å². The van der Waals surface area contributed by atoms with Gasteiger partial charge in [-0.25, -0.2) is 4.79 Å². The summed E-state index contributed by atoms with van der Waals surface area (Å²) in [4.78, 5) is 42.1. The van der Waals surface area contributed by atoms with Gasteiger partial charge in [-0.2, -0.15) is 0 Å². The summed E-state index contributed by atoms with van der Waals surface area (Å²) in [6.07, 6.45) is -3.61. The number of hydrogen-bond acceptors (Lipinski definition) is 7. The molecule has 11 heteroatoms. The summed E-state index contributed by atoms with van der Waals surface area (Å²) in [6, 6.07) is 9.29. The Labute approximate surface area is 238 Å². The summed E-state index contributed by atoms with van der Waals surface area (Å²) < 4.78 is 17.7. The predicted octanol–water partition coefficient (Wildman–Crippen LogP) is 3.66. The molecule has 0 radical (unpaired) electrons. The number of β-amino-alcohol motifs (C(OH)–C–C–N with tert-alkyl or cyclic N) is 1. The fourth-order valence-corrected chi connectivity index (χ4v) is 5.48. The number of fused-ring (bicyclic) bond motifs is 1. The number of likely N-dealkylation sites (tertiary alicyclic amines) is 1. The van der Waals surface area contributed by atoms with E-state index in [1.54, 1.807) is 41.3 Å². The summed E-state index contributed by atoms with van der Waals surface area (Å²) >= 11 is 6.44. The van der Waals surface area contributed by atoms with Crippen LogP contribution in [0.3, 0.4) is 0 Å². The average molecular weight is 575 g/mol. The Morgan fingerprint density at radius 2 is 1.85 bits per heavy atom. The Kier molecular flexibility index (Phi) is 8.63. The third-order valence-electron chi connectivity index (χ3n) is 7.00. The van der Waals surface area contributed by atoms with E-state index < -0.39 is 48.6 Å². The summed E-state index contributed by atoms with van der Waals surface area (Å²) in [5, 5.41) is 20.1. The minimum atomic E-state index is -1.27. The zero-order chi connectivity index (χ0) is 29.4.